The highest BCUT2D eigenvalue weighted by atomic mass is 15.2. The summed E-state index contributed by atoms with van der Waals surface area (Å²) in [4.78, 5) is 11.3. The molecule has 19 heavy (non-hydrogen) atoms. The Labute approximate surface area is 116 Å². The van der Waals surface area contributed by atoms with Crippen molar-refractivity contribution in [1.82, 2.24) is 15.3 Å². The third-order valence-corrected chi connectivity index (χ3v) is 4.25. The van der Waals surface area contributed by atoms with Gasteiger partial charge in [0, 0.05) is 25.8 Å². The maximum Gasteiger partial charge on any atom is 0.147 e. The van der Waals surface area contributed by atoms with Gasteiger partial charge in [-0.15, -0.1) is 0 Å². The van der Waals surface area contributed by atoms with Crippen molar-refractivity contribution in [3.05, 3.63) is 18.1 Å². The van der Waals surface area contributed by atoms with Crippen LogP contribution in [-0.2, 0) is 6.54 Å². The molecule has 2 rings (SSSR count). The third kappa shape index (κ3) is 3.66. The number of nitrogens with zero attached hydrogens (tertiary/aromatic N) is 3. The molecule has 0 atom stereocenters. The van der Waals surface area contributed by atoms with E-state index in [4.69, 9.17) is 0 Å². The van der Waals surface area contributed by atoms with Gasteiger partial charge in [0.2, 0.25) is 0 Å². The van der Waals surface area contributed by atoms with Crippen LogP contribution in [0.3, 0.4) is 0 Å². The molecule has 4 nitrogen and oxygen atoms in total. The van der Waals surface area contributed by atoms with Gasteiger partial charge in [-0.2, -0.15) is 0 Å². The largest absolute Gasteiger partial charge is 0.355 e. The van der Waals surface area contributed by atoms with Crippen LogP contribution in [0.2, 0.25) is 0 Å². The Morgan fingerprint density at radius 2 is 2.00 bits per heavy atom. The van der Waals surface area contributed by atoms with Crippen molar-refractivity contribution in [2.45, 2.75) is 52.1 Å². The molecule has 4 heteroatoms. The Morgan fingerprint density at radius 1 is 1.32 bits per heavy atom. The predicted molar refractivity (Wildman–Crippen MR) is 79.2 cm³/mol. The van der Waals surface area contributed by atoms with E-state index in [1.807, 2.05) is 19.4 Å². The Hall–Kier alpha value is -1.16. The van der Waals surface area contributed by atoms with Crippen LogP contribution in [0.5, 0.6) is 0 Å². The van der Waals surface area contributed by atoms with Crippen LogP contribution in [0.1, 0.15) is 45.2 Å². The number of hydrogen-bond acceptors (Lipinski definition) is 4. The molecule has 1 aromatic rings. The lowest BCUT2D eigenvalue weighted by molar-refractivity contribution is 0.222. The first-order valence-electron chi connectivity index (χ1n) is 7.20. The molecule has 1 aliphatic carbocycles. The Kier molecular flexibility index (Phi) is 4.40. The van der Waals surface area contributed by atoms with Crippen LogP contribution in [0.15, 0.2) is 12.4 Å². The monoisotopic (exact) mass is 262 g/mol. The van der Waals surface area contributed by atoms with Gasteiger partial charge in [0.1, 0.15) is 5.82 Å². The van der Waals surface area contributed by atoms with E-state index in [2.05, 4.69) is 41.1 Å². The van der Waals surface area contributed by atoms with Gasteiger partial charge in [0.05, 0.1) is 11.9 Å². The van der Waals surface area contributed by atoms with Gasteiger partial charge in [-0.05, 0) is 38.1 Å². The third-order valence-electron chi connectivity index (χ3n) is 4.25. The molecule has 1 saturated carbocycles. The van der Waals surface area contributed by atoms with E-state index < -0.39 is 0 Å². The normalized spacial score (nSPS) is 19.4. The van der Waals surface area contributed by atoms with Crippen LogP contribution in [0.4, 0.5) is 5.82 Å². The Morgan fingerprint density at radius 3 is 2.63 bits per heavy atom. The van der Waals surface area contributed by atoms with E-state index in [9.17, 15) is 0 Å². The molecule has 0 aromatic carbocycles. The van der Waals surface area contributed by atoms with Crippen molar-refractivity contribution < 1.29 is 0 Å². The molecule has 0 radical (unpaired) electrons. The van der Waals surface area contributed by atoms with Gasteiger partial charge in [0.15, 0.2) is 0 Å². The van der Waals surface area contributed by atoms with Crippen LogP contribution >= 0.6 is 0 Å². The highest BCUT2D eigenvalue weighted by molar-refractivity contribution is 5.36. The first-order valence-corrected chi connectivity index (χ1v) is 7.20. The lowest BCUT2D eigenvalue weighted by atomic mass is 9.75. The van der Waals surface area contributed by atoms with Gasteiger partial charge in [-0.1, -0.05) is 13.8 Å². The minimum absolute atomic E-state index is 0.511. The van der Waals surface area contributed by atoms with Gasteiger partial charge in [-0.3, -0.25) is 4.98 Å². The zero-order valence-electron chi connectivity index (χ0n) is 12.6. The predicted octanol–water partition coefficient (Wildman–Crippen LogP) is 2.60. The van der Waals surface area contributed by atoms with E-state index in [0.717, 1.165) is 18.1 Å². The minimum atomic E-state index is 0.511. The van der Waals surface area contributed by atoms with Crippen molar-refractivity contribution >= 4 is 5.82 Å². The molecule has 1 fully saturated rings. The molecule has 1 aromatic heterocycles. The summed E-state index contributed by atoms with van der Waals surface area (Å²) >= 11 is 0. The van der Waals surface area contributed by atoms with Gasteiger partial charge >= 0.3 is 0 Å². The fraction of sp³-hybridized carbons (Fsp3) is 0.733. The summed E-state index contributed by atoms with van der Waals surface area (Å²) in [7, 11) is 4.08. The molecule has 1 N–H and O–H groups in total. The number of hydrogen-bond donors (Lipinski definition) is 1. The zero-order valence-corrected chi connectivity index (χ0v) is 12.6. The summed E-state index contributed by atoms with van der Waals surface area (Å²) < 4.78 is 0. The van der Waals surface area contributed by atoms with Gasteiger partial charge in [0.25, 0.3) is 0 Å². The van der Waals surface area contributed by atoms with Gasteiger partial charge < -0.3 is 10.2 Å². The van der Waals surface area contributed by atoms with Crippen LogP contribution in [-0.4, -0.2) is 30.1 Å². The smallest absolute Gasteiger partial charge is 0.147 e. The molecular formula is C15H26N4. The van der Waals surface area contributed by atoms with Crippen molar-refractivity contribution in [2.24, 2.45) is 5.41 Å². The van der Waals surface area contributed by atoms with E-state index in [0.29, 0.717) is 11.5 Å². The second kappa shape index (κ2) is 5.87. The molecule has 0 saturated heterocycles. The van der Waals surface area contributed by atoms with Crippen LogP contribution in [0, 0.1) is 5.41 Å². The van der Waals surface area contributed by atoms with Gasteiger partial charge in [-0.25, -0.2) is 4.98 Å². The fourth-order valence-electron chi connectivity index (χ4n) is 2.79. The Balaban J connectivity index is 2.03. The van der Waals surface area contributed by atoms with Crippen molar-refractivity contribution in [3.8, 4) is 0 Å². The topological polar surface area (TPSA) is 41.1 Å². The number of aromatic nitrogens is 2. The lowest BCUT2D eigenvalue weighted by Crippen LogP contribution is -2.37. The highest BCUT2D eigenvalue weighted by Crippen LogP contribution is 2.37. The summed E-state index contributed by atoms with van der Waals surface area (Å²) in [6, 6.07) is 0.604. The summed E-state index contributed by atoms with van der Waals surface area (Å²) in [5.41, 5.74) is 1.51. The number of nitrogens with one attached hydrogen (secondary N) is 1. The van der Waals surface area contributed by atoms with Crippen LogP contribution < -0.4 is 10.2 Å². The maximum atomic E-state index is 4.67. The zero-order chi connectivity index (χ0) is 13.9. The molecular weight excluding hydrogens is 236 g/mol. The first-order chi connectivity index (χ1) is 9.02. The van der Waals surface area contributed by atoms with E-state index >= 15 is 0 Å². The molecule has 1 aliphatic rings. The molecule has 0 spiro atoms. The second-order valence-corrected chi connectivity index (χ2v) is 6.41. The summed E-state index contributed by atoms with van der Waals surface area (Å²) in [5.74, 6) is 0.998. The molecule has 1 heterocycles. The van der Waals surface area contributed by atoms with Crippen molar-refractivity contribution in [3.63, 3.8) is 0 Å². The molecule has 0 amide bonds. The molecule has 106 valence electrons. The minimum Gasteiger partial charge on any atom is -0.355 e. The molecule has 0 aliphatic heterocycles. The maximum absolute atomic E-state index is 4.67. The summed E-state index contributed by atoms with van der Waals surface area (Å²) in [6.45, 7) is 5.51. The highest BCUT2D eigenvalue weighted by Gasteiger charge is 2.29. The summed E-state index contributed by atoms with van der Waals surface area (Å²) in [5, 5.41) is 3.12. The number of rotatable bonds is 4. The summed E-state index contributed by atoms with van der Waals surface area (Å²) in [6.07, 6.45) is 8.80. The van der Waals surface area contributed by atoms with Crippen molar-refractivity contribution in [2.75, 3.05) is 19.0 Å². The van der Waals surface area contributed by atoms with E-state index in [1.165, 1.54) is 25.7 Å². The number of anilines is 1. The van der Waals surface area contributed by atoms with Crippen LogP contribution in [0.25, 0.3) is 0 Å². The molecule has 0 unspecified atom stereocenters. The average molecular weight is 262 g/mol. The molecule has 0 bridgehead atoms. The standard InChI is InChI=1S/C15H26N4/c1-15(2)7-5-13(6-8-15)19(4)14-11-17-10-12(18-14)9-16-3/h10-11,13,16H,5-9H2,1-4H3. The Bertz CT molecular complexity index is 406. The van der Waals surface area contributed by atoms with Crippen molar-refractivity contribution in [1.29, 1.82) is 0 Å². The van der Waals surface area contributed by atoms with E-state index in [1.54, 1.807) is 0 Å². The fourth-order valence-corrected chi connectivity index (χ4v) is 2.79. The van der Waals surface area contributed by atoms with E-state index in [-0.39, 0.29) is 0 Å². The quantitative estimate of drug-likeness (QED) is 0.905. The lowest BCUT2D eigenvalue weighted by Gasteiger charge is -2.39. The second-order valence-electron chi connectivity index (χ2n) is 6.41. The first kappa shape index (κ1) is 14.3. The average Bonchev–Trinajstić information content (AvgIpc) is 2.39. The SMILES string of the molecule is CNCc1cncc(N(C)C2CCC(C)(C)CC2)n1.